The van der Waals surface area contributed by atoms with E-state index in [1.807, 2.05) is 0 Å². The molecule has 0 unspecified atom stereocenters. The molecular weight excluding hydrogens is 679 g/mol. The summed E-state index contributed by atoms with van der Waals surface area (Å²) in [6.07, 6.45) is 4.12. The number of aromatic nitrogens is 3. The maximum atomic E-state index is 15.5. The normalized spacial score (nSPS) is 11.3. The molecule has 2 aromatic carbocycles. The van der Waals surface area contributed by atoms with Crippen LogP contribution in [0.4, 0.5) is 17.6 Å². The van der Waals surface area contributed by atoms with E-state index in [4.69, 9.17) is 0 Å². The van der Waals surface area contributed by atoms with Gasteiger partial charge in [-0.1, -0.05) is 0 Å². The van der Waals surface area contributed by atoms with Crippen molar-refractivity contribution in [1.82, 2.24) is 15.0 Å². The third-order valence-corrected chi connectivity index (χ3v) is 12.0. The Morgan fingerprint density at radius 1 is 0.632 bits per heavy atom. The number of nitrogens with zero attached hydrogens (tertiary/aromatic N) is 3. The molecule has 0 spiro atoms. The Morgan fingerprint density at radius 2 is 1.13 bits per heavy atom. The molecule has 0 aliphatic carbocycles. The third kappa shape index (κ3) is 4.83. The van der Waals surface area contributed by atoms with Gasteiger partial charge in [0.2, 0.25) is 0 Å². The quantitative estimate of drug-likeness (QED) is 0.268. The molecular formula is C28H16F4IrN3O2. The van der Waals surface area contributed by atoms with Gasteiger partial charge in [0.1, 0.15) is 0 Å². The molecule has 5 nitrogen and oxygen atoms in total. The van der Waals surface area contributed by atoms with E-state index in [1.54, 1.807) is 24.3 Å². The van der Waals surface area contributed by atoms with Gasteiger partial charge < -0.3 is 0 Å². The van der Waals surface area contributed by atoms with Gasteiger partial charge in [0.05, 0.1) is 0 Å². The molecule has 1 N–H and O–H groups in total. The number of halogens is 4. The van der Waals surface area contributed by atoms with Gasteiger partial charge in [-0.15, -0.1) is 0 Å². The number of carboxylic acids is 1. The first kappa shape index (κ1) is 25.4. The molecule has 0 saturated carbocycles. The molecule has 0 saturated heterocycles. The zero-order valence-corrected chi connectivity index (χ0v) is 21.6. The summed E-state index contributed by atoms with van der Waals surface area (Å²) in [5.41, 5.74) is -0.238. The number of hydrogen-bond acceptors (Lipinski definition) is 4. The van der Waals surface area contributed by atoms with Crippen LogP contribution in [-0.2, 0) is 16.5 Å². The summed E-state index contributed by atoms with van der Waals surface area (Å²) >= 11 is -3.82. The summed E-state index contributed by atoms with van der Waals surface area (Å²) in [7, 11) is 0. The van der Waals surface area contributed by atoms with Gasteiger partial charge in [-0.25, -0.2) is 0 Å². The van der Waals surface area contributed by atoms with Crippen LogP contribution < -0.4 is 12.2 Å². The first-order valence-corrected chi connectivity index (χ1v) is 14.6. The SMILES string of the molecule is O=C(O)c1nccc[c]1[Ir]([c]1cc(F)cc(F)c1-c1ccccn1)[c]1cc(F)cc(F)c1-c1ccccn1. The average molecular weight is 695 g/mol. The molecule has 5 aromatic rings. The fourth-order valence-electron chi connectivity index (χ4n) is 3.78. The van der Waals surface area contributed by atoms with Gasteiger partial charge in [-0.2, -0.15) is 0 Å². The molecule has 38 heavy (non-hydrogen) atoms. The van der Waals surface area contributed by atoms with Crippen LogP contribution in [0.25, 0.3) is 22.5 Å². The topological polar surface area (TPSA) is 76.0 Å². The second-order valence-corrected chi connectivity index (χ2v) is 13.4. The van der Waals surface area contributed by atoms with E-state index in [2.05, 4.69) is 15.0 Å². The predicted molar refractivity (Wildman–Crippen MR) is 129 cm³/mol. The fraction of sp³-hybridized carbons (Fsp3) is 0. The first-order chi connectivity index (χ1) is 18.3. The summed E-state index contributed by atoms with van der Waals surface area (Å²) in [4.78, 5) is 24.6. The number of carbonyl (C=O) groups is 1. The van der Waals surface area contributed by atoms with Crippen molar-refractivity contribution in [3.8, 4) is 22.5 Å². The van der Waals surface area contributed by atoms with Gasteiger partial charge in [0.25, 0.3) is 0 Å². The zero-order valence-electron chi connectivity index (χ0n) is 19.2. The number of pyridine rings is 3. The minimum absolute atomic E-state index is 0.0684. The van der Waals surface area contributed by atoms with E-state index in [9.17, 15) is 18.7 Å². The number of hydrogen-bond donors (Lipinski definition) is 1. The van der Waals surface area contributed by atoms with Crippen LogP contribution in [0.5, 0.6) is 0 Å². The van der Waals surface area contributed by atoms with Crippen molar-refractivity contribution in [2.45, 2.75) is 0 Å². The molecule has 0 radical (unpaired) electrons. The Labute approximate surface area is 219 Å². The van der Waals surface area contributed by atoms with Crippen molar-refractivity contribution in [3.05, 3.63) is 120 Å². The predicted octanol–water partition coefficient (Wildman–Crippen LogP) is 4.35. The standard InChI is InChI=1S/2C11H6F2N.C6H4NO2.Ir/c2*12-8-4-5-9(10(13)7-8)11-3-1-2-6-14-11;8-6(9)5-3-1-2-4-7-5;/h2*1-4,6-7H;1-2,4H,(H,8,9);. The van der Waals surface area contributed by atoms with Gasteiger partial charge in [-0.05, 0) is 0 Å². The molecule has 0 aliphatic rings. The third-order valence-electron chi connectivity index (χ3n) is 5.30. The number of rotatable bonds is 6. The van der Waals surface area contributed by atoms with E-state index in [0.29, 0.717) is 12.1 Å². The number of carboxylic acid groups (broad SMARTS) is 1. The summed E-state index contributed by atoms with van der Waals surface area (Å²) in [6, 6.07) is 16.0. The minimum atomic E-state index is -3.82. The van der Waals surface area contributed by atoms with Crippen molar-refractivity contribution in [2.75, 3.05) is 0 Å². The van der Waals surface area contributed by atoms with E-state index < -0.39 is 45.7 Å². The Bertz CT molecular complexity index is 1560. The van der Waals surface area contributed by atoms with Crippen molar-refractivity contribution < 1.29 is 44.0 Å². The molecule has 0 amide bonds. The summed E-state index contributed by atoms with van der Waals surface area (Å²) < 4.78 is 60.9. The summed E-state index contributed by atoms with van der Waals surface area (Å²) in [6.45, 7) is 0. The van der Waals surface area contributed by atoms with Crippen LogP contribution >= 0.6 is 0 Å². The number of aromatic carboxylic acids is 1. The molecule has 0 aliphatic heterocycles. The molecule has 10 heteroatoms. The van der Waals surface area contributed by atoms with E-state index >= 15 is 8.78 Å². The van der Waals surface area contributed by atoms with E-state index in [0.717, 1.165) is 12.1 Å². The van der Waals surface area contributed by atoms with Crippen molar-refractivity contribution in [2.24, 2.45) is 0 Å². The van der Waals surface area contributed by atoms with E-state index in [1.165, 1.54) is 42.9 Å². The molecule has 5 rings (SSSR count). The zero-order chi connectivity index (χ0) is 26.8. The monoisotopic (exact) mass is 695 g/mol. The Morgan fingerprint density at radius 3 is 1.58 bits per heavy atom. The summed E-state index contributed by atoms with van der Waals surface area (Å²) in [5.74, 6) is -5.14. The molecule has 3 heterocycles. The number of benzene rings is 2. The molecule has 0 bridgehead atoms. The first-order valence-electron chi connectivity index (χ1n) is 11.0. The van der Waals surface area contributed by atoms with Crippen LogP contribution in [-0.4, -0.2) is 26.0 Å². The van der Waals surface area contributed by atoms with Gasteiger partial charge >= 0.3 is 220 Å². The summed E-state index contributed by atoms with van der Waals surface area (Å²) in [5, 5.41) is 9.94. The average Bonchev–Trinajstić information content (AvgIpc) is 2.89. The Balaban J connectivity index is 1.94. The Kier molecular flexibility index (Phi) is 7.09. The van der Waals surface area contributed by atoms with Crippen LogP contribution in [0, 0.1) is 23.3 Å². The molecule has 0 fully saturated rings. The second-order valence-electron chi connectivity index (χ2n) is 7.74. The van der Waals surface area contributed by atoms with Crippen molar-refractivity contribution >= 4 is 18.2 Å². The van der Waals surface area contributed by atoms with Crippen molar-refractivity contribution in [1.29, 1.82) is 0 Å². The van der Waals surface area contributed by atoms with Crippen LogP contribution in [0.2, 0.25) is 0 Å². The van der Waals surface area contributed by atoms with Gasteiger partial charge in [0, 0.05) is 0 Å². The van der Waals surface area contributed by atoms with Crippen LogP contribution in [0.1, 0.15) is 10.5 Å². The molecule has 0 atom stereocenters. The van der Waals surface area contributed by atoms with Gasteiger partial charge in [-0.3, -0.25) is 0 Å². The fourth-order valence-corrected chi connectivity index (χ4v) is 11.2. The molecule has 3 aromatic heterocycles. The van der Waals surface area contributed by atoms with E-state index in [-0.39, 0.29) is 40.4 Å². The second kappa shape index (κ2) is 10.6. The molecule has 192 valence electrons. The Hall–Kier alpha value is -4.27. The van der Waals surface area contributed by atoms with Crippen LogP contribution in [0.15, 0.2) is 91.4 Å². The van der Waals surface area contributed by atoms with Crippen molar-refractivity contribution in [3.63, 3.8) is 0 Å². The van der Waals surface area contributed by atoms with Crippen LogP contribution in [0.3, 0.4) is 0 Å². The maximum absolute atomic E-state index is 15.5. The van der Waals surface area contributed by atoms with Gasteiger partial charge in [0.15, 0.2) is 0 Å².